The van der Waals surface area contributed by atoms with Gasteiger partial charge in [-0.1, -0.05) is 6.07 Å². The van der Waals surface area contributed by atoms with E-state index in [2.05, 4.69) is 11.4 Å². The van der Waals surface area contributed by atoms with Crippen molar-refractivity contribution in [2.24, 2.45) is 0 Å². The Morgan fingerprint density at radius 3 is 2.21 bits per heavy atom. The number of aryl methyl sites for hydroxylation is 2. The zero-order chi connectivity index (χ0) is 10.6. The minimum absolute atomic E-state index is 0.340. The van der Waals surface area contributed by atoms with Crippen LogP contribution in [-0.2, 0) is 0 Å². The third kappa shape index (κ3) is 3.77. The van der Waals surface area contributed by atoms with E-state index >= 15 is 0 Å². The summed E-state index contributed by atoms with van der Waals surface area (Å²) < 4.78 is 0. The molecule has 78 valence electrons. The molecule has 3 nitrogen and oxygen atoms in total. The second kappa shape index (κ2) is 4.98. The van der Waals surface area contributed by atoms with Gasteiger partial charge in [0.1, 0.15) is 0 Å². The lowest BCUT2D eigenvalue weighted by Gasteiger charge is -2.09. The van der Waals surface area contributed by atoms with Crippen molar-refractivity contribution in [2.75, 3.05) is 11.9 Å². The Morgan fingerprint density at radius 1 is 1.14 bits per heavy atom. The lowest BCUT2D eigenvalue weighted by atomic mass is 10.1. The largest absolute Gasteiger partial charge is 0.385 e. The summed E-state index contributed by atoms with van der Waals surface area (Å²) in [5.74, 6) is 0. The van der Waals surface area contributed by atoms with E-state index in [1.54, 1.807) is 0 Å². The lowest BCUT2D eigenvalue weighted by molar-refractivity contribution is -0.0423. The molecule has 3 N–H and O–H groups in total. The predicted octanol–water partition coefficient (Wildman–Crippen LogP) is 1.42. The summed E-state index contributed by atoms with van der Waals surface area (Å²) >= 11 is 0. The second-order valence-electron chi connectivity index (χ2n) is 3.57. The van der Waals surface area contributed by atoms with Crippen LogP contribution in [0, 0.1) is 13.8 Å². The fourth-order valence-electron chi connectivity index (χ4n) is 1.42. The van der Waals surface area contributed by atoms with E-state index in [1.165, 1.54) is 11.1 Å². The molecule has 0 aromatic heterocycles. The maximum absolute atomic E-state index is 8.66. The van der Waals surface area contributed by atoms with Crippen LogP contribution in [0.15, 0.2) is 18.2 Å². The van der Waals surface area contributed by atoms with E-state index in [9.17, 15) is 0 Å². The third-order valence-electron chi connectivity index (χ3n) is 1.95. The number of benzene rings is 1. The Balaban J connectivity index is 2.50. The average Bonchev–Trinajstić information content (AvgIpc) is 2.01. The summed E-state index contributed by atoms with van der Waals surface area (Å²) in [7, 11) is 0. The van der Waals surface area contributed by atoms with Crippen LogP contribution in [0.1, 0.15) is 17.5 Å². The monoisotopic (exact) mass is 195 g/mol. The molecule has 1 aromatic rings. The number of nitrogens with one attached hydrogen (secondary N) is 1. The standard InChI is InChI=1S/C11H17NO2/c1-8-5-9(2)7-10(6-8)12-4-3-11(13)14/h5-7,11-14H,3-4H2,1-2H3. The molecule has 0 bridgehead atoms. The molecule has 0 spiro atoms. The van der Waals surface area contributed by atoms with Crippen LogP contribution in [0.4, 0.5) is 5.69 Å². The van der Waals surface area contributed by atoms with Gasteiger partial charge >= 0.3 is 0 Å². The van der Waals surface area contributed by atoms with Crippen LogP contribution in [0.25, 0.3) is 0 Å². The molecular formula is C11H17NO2. The second-order valence-corrected chi connectivity index (χ2v) is 3.57. The highest BCUT2D eigenvalue weighted by atomic mass is 16.5. The summed E-state index contributed by atoms with van der Waals surface area (Å²) in [4.78, 5) is 0. The topological polar surface area (TPSA) is 52.5 Å². The van der Waals surface area contributed by atoms with Crippen molar-refractivity contribution in [3.63, 3.8) is 0 Å². The quantitative estimate of drug-likeness (QED) is 0.637. The van der Waals surface area contributed by atoms with Crippen LogP contribution in [-0.4, -0.2) is 23.0 Å². The van der Waals surface area contributed by atoms with E-state index < -0.39 is 6.29 Å². The van der Waals surface area contributed by atoms with E-state index in [0.29, 0.717) is 13.0 Å². The normalized spacial score (nSPS) is 10.6. The molecule has 14 heavy (non-hydrogen) atoms. The molecule has 0 unspecified atom stereocenters. The van der Waals surface area contributed by atoms with E-state index in [4.69, 9.17) is 10.2 Å². The van der Waals surface area contributed by atoms with Gasteiger partial charge in [0, 0.05) is 18.7 Å². The number of aliphatic hydroxyl groups excluding tert-OH is 1. The zero-order valence-electron chi connectivity index (χ0n) is 8.62. The number of hydrogen-bond acceptors (Lipinski definition) is 3. The SMILES string of the molecule is Cc1cc(C)cc(NCCC(O)O)c1. The fraction of sp³-hybridized carbons (Fsp3) is 0.455. The molecule has 0 saturated carbocycles. The van der Waals surface area contributed by atoms with E-state index in [0.717, 1.165) is 5.69 Å². The Morgan fingerprint density at radius 2 is 1.71 bits per heavy atom. The average molecular weight is 195 g/mol. The van der Waals surface area contributed by atoms with Crippen molar-refractivity contribution in [3.05, 3.63) is 29.3 Å². The first-order valence-electron chi connectivity index (χ1n) is 4.76. The summed E-state index contributed by atoms with van der Waals surface area (Å²) in [5, 5.41) is 20.4. The molecule has 0 aliphatic carbocycles. The highest BCUT2D eigenvalue weighted by Crippen LogP contribution is 2.13. The van der Waals surface area contributed by atoms with Gasteiger partial charge in [0.25, 0.3) is 0 Å². The maximum atomic E-state index is 8.66. The van der Waals surface area contributed by atoms with Gasteiger partial charge in [-0.2, -0.15) is 0 Å². The van der Waals surface area contributed by atoms with Crippen molar-refractivity contribution in [1.29, 1.82) is 0 Å². The molecule has 0 heterocycles. The number of aliphatic hydroxyl groups is 2. The molecule has 1 aromatic carbocycles. The summed E-state index contributed by atoms with van der Waals surface area (Å²) in [6.07, 6.45) is -0.888. The summed E-state index contributed by atoms with van der Waals surface area (Å²) in [6.45, 7) is 4.65. The Kier molecular flexibility index (Phi) is 3.92. The molecule has 3 heteroatoms. The number of hydrogen-bond donors (Lipinski definition) is 3. The van der Waals surface area contributed by atoms with Crippen LogP contribution in [0.5, 0.6) is 0 Å². The predicted molar refractivity (Wildman–Crippen MR) is 57.2 cm³/mol. The van der Waals surface area contributed by atoms with Crippen molar-refractivity contribution in [1.82, 2.24) is 0 Å². The first kappa shape index (κ1) is 11.0. The van der Waals surface area contributed by atoms with Crippen molar-refractivity contribution in [2.45, 2.75) is 26.6 Å². The third-order valence-corrected chi connectivity index (χ3v) is 1.95. The minimum atomic E-state index is -1.23. The van der Waals surface area contributed by atoms with Crippen molar-refractivity contribution >= 4 is 5.69 Å². The number of rotatable bonds is 4. The zero-order valence-corrected chi connectivity index (χ0v) is 8.62. The van der Waals surface area contributed by atoms with Gasteiger partial charge in [-0.15, -0.1) is 0 Å². The van der Waals surface area contributed by atoms with Crippen molar-refractivity contribution < 1.29 is 10.2 Å². The van der Waals surface area contributed by atoms with E-state index in [-0.39, 0.29) is 0 Å². The van der Waals surface area contributed by atoms with Crippen LogP contribution in [0.2, 0.25) is 0 Å². The summed E-state index contributed by atoms with van der Waals surface area (Å²) in [6, 6.07) is 6.18. The first-order chi connectivity index (χ1) is 6.58. The van der Waals surface area contributed by atoms with Gasteiger partial charge in [0.15, 0.2) is 6.29 Å². The van der Waals surface area contributed by atoms with E-state index in [1.807, 2.05) is 26.0 Å². The Hall–Kier alpha value is -1.06. The highest BCUT2D eigenvalue weighted by Gasteiger charge is 1.98. The maximum Gasteiger partial charge on any atom is 0.153 e. The minimum Gasteiger partial charge on any atom is -0.385 e. The van der Waals surface area contributed by atoms with Gasteiger partial charge in [-0.05, 0) is 37.1 Å². The highest BCUT2D eigenvalue weighted by molar-refractivity contribution is 5.48. The molecule has 0 aliphatic rings. The lowest BCUT2D eigenvalue weighted by Crippen LogP contribution is -2.12. The van der Waals surface area contributed by atoms with Crippen LogP contribution >= 0.6 is 0 Å². The molecule has 0 amide bonds. The molecule has 0 aliphatic heterocycles. The Labute approximate surface area is 84.4 Å². The first-order valence-corrected chi connectivity index (χ1v) is 4.76. The molecule has 0 saturated heterocycles. The smallest absolute Gasteiger partial charge is 0.153 e. The molecule has 0 atom stereocenters. The summed E-state index contributed by atoms with van der Waals surface area (Å²) in [5.41, 5.74) is 3.44. The number of anilines is 1. The van der Waals surface area contributed by atoms with Crippen molar-refractivity contribution in [3.8, 4) is 0 Å². The van der Waals surface area contributed by atoms with Gasteiger partial charge in [-0.25, -0.2) is 0 Å². The Bertz CT molecular complexity index is 277. The molecular weight excluding hydrogens is 178 g/mol. The molecule has 1 rings (SSSR count). The van der Waals surface area contributed by atoms with Crippen LogP contribution in [0.3, 0.4) is 0 Å². The van der Waals surface area contributed by atoms with Gasteiger partial charge in [0.2, 0.25) is 0 Å². The van der Waals surface area contributed by atoms with Gasteiger partial charge in [0.05, 0.1) is 0 Å². The fourth-order valence-corrected chi connectivity index (χ4v) is 1.42. The van der Waals surface area contributed by atoms with Gasteiger partial charge in [-0.3, -0.25) is 0 Å². The molecule has 0 fully saturated rings. The van der Waals surface area contributed by atoms with Gasteiger partial charge < -0.3 is 15.5 Å². The molecule has 0 radical (unpaired) electrons. The van der Waals surface area contributed by atoms with Crippen LogP contribution < -0.4 is 5.32 Å².